The lowest BCUT2D eigenvalue weighted by Crippen LogP contribution is -1.99. The normalized spacial score (nSPS) is 10.3. The van der Waals surface area contributed by atoms with E-state index in [1.807, 2.05) is 0 Å². The van der Waals surface area contributed by atoms with Gasteiger partial charge in [0.15, 0.2) is 5.75 Å². The summed E-state index contributed by atoms with van der Waals surface area (Å²) in [6.45, 7) is 0.320. The van der Waals surface area contributed by atoms with Crippen molar-refractivity contribution in [2.75, 3.05) is 6.61 Å². The van der Waals surface area contributed by atoms with E-state index in [0.29, 0.717) is 17.1 Å². The van der Waals surface area contributed by atoms with Gasteiger partial charge in [-0.3, -0.25) is 0 Å². The molecule has 23 heavy (non-hydrogen) atoms. The van der Waals surface area contributed by atoms with Crippen LogP contribution in [0.4, 0.5) is 4.39 Å². The lowest BCUT2D eigenvalue weighted by atomic mass is 10.2. The van der Waals surface area contributed by atoms with Crippen LogP contribution >= 0.6 is 46.4 Å². The van der Waals surface area contributed by atoms with Gasteiger partial charge in [-0.15, -0.1) is 0 Å². The smallest absolute Gasteiger partial charge is 0.157 e. The average Bonchev–Trinajstić information content (AvgIpc) is 2.46. The second-order valence-electron chi connectivity index (χ2n) is 4.44. The Morgan fingerprint density at radius 3 is 2.35 bits per heavy atom. The molecule has 0 aromatic heterocycles. The molecule has 0 radical (unpaired) electrons. The van der Waals surface area contributed by atoms with Crippen molar-refractivity contribution < 1.29 is 13.9 Å². The Bertz CT molecular complexity index is 692. The Hall–Kier alpha value is -1.13. The quantitative estimate of drug-likeness (QED) is 0.562. The fourth-order valence-electron chi connectivity index (χ4n) is 1.74. The highest BCUT2D eigenvalue weighted by molar-refractivity contribution is 6.55. The molecule has 0 unspecified atom stereocenters. The Kier molecular flexibility index (Phi) is 6.85. The minimum Gasteiger partial charge on any atom is -0.489 e. The van der Waals surface area contributed by atoms with Gasteiger partial charge < -0.3 is 9.47 Å². The van der Waals surface area contributed by atoms with Crippen molar-refractivity contribution in [1.29, 1.82) is 0 Å². The lowest BCUT2D eigenvalue weighted by Gasteiger charge is -2.12. The number of hydrogen-bond acceptors (Lipinski definition) is 2. The van der Waals surface area contributed by atoms with E-state index in [1.54, 1.807) is 24.3 Å². The van der Waals surface area contributed by atoms with Crippen molar-refractivity contribution >= 4 is 46.4 Å². The highest BCUT2D eigenvalue weighted by atomic mass is 35.5. The van der Waals surface area contributed by atoms with Crippen LogP contribution in [0.3, 0.4) is 0 Å². The molecule has 0 saturated carbocycles. The van der Waals surface area contributed by atoms with Crippen LogP contribution in [0, 0.1) is 5.82 Å². The zero-order valence-corrected chi connectivity index (χ0v) is 14.7. The van der Waals surface area contributed by atoms with E-state index in [1.165, 1.54) is 18.2 Å². The zero-order chi connectivity index (χ0) is 16.8. The highest BCUT2D eigenvalue weighted by Crippen LogP contribution is 2.37. The molecule has 0 heterocycles. The minimum absolute atomic E-state index is 0.109. The number of hydrogen-bond donors (Lipinski definition) is 0. The maximum Gasteiger partial charge on any atom is 0.157 e. The predicted molar refractivity (Wildman–Crippen MR) is 92.5 cm³/mol. The van der Waals surface area contributed by atoms with Crippen LogP contribution in [-0.4, -0.2) is 6.61 Å². The summed E-state index contributed by atoms with van der Waals surface area (Å²) in [6, 6.07) is 9.20. The van der Waals surface area contributed by atoms with E-state index in [4.69, 9.17) is 55.9 Å². The number of benzene rings is 2. The van der Waals surface area contributed by atoms with Crippen molar-refractivity contribution in [3.05, 3.63) is 68.4 Å². The SMILES string of the molecule is Fc1cccc(COc2c(Cl)cc(OCC=C(Cl)Cl)cc2Cl)c1. The number of ether oxygens (including phenoxy) is 2. The van der Waals surface area contributed by atoms with Gasteiger partial charge in [-0.2, -0.15) is 0 Å². The van der Waals surface area contributed by atoms with Crippen LogP contribution in [0.1, 0.15) is 5.56 Å². The summed E-state index contributed by atoms with van der Waals surface area (Å²) in [5.74, 6) is 0.415. The standard InChI is InChI=1S/C16H11Cl4FO2/c17-13-7-12(22-5-4-15(19)20)8-14(18)16(13)23-9-10-2-1-3-11(21)6-10/h1-4,6-8H,5,9H2. The van der Waals surface area contributed by atoms with Gasteiger partial charge in [-0.05, 0) is 23.8 Å². The largest absolute Gasteiger partial charge is 0.489 e. The summed E-state index contributed by atoms with van der Waals surface area (Å²) in [7, 11) is 0. The first-order chi connectivity index (χ1) is 11.0. The summed E-state index contributed by atoms with van der Waals surface area (Å²) in [5, 5.41) is 0.565. The van der Waals surface area contributed by atoms with E-state index in [-0.39, 0.29) is 33.6 Å². The first kappa shape index (κ1) is 18.2. The second-order valence-corrected chi connectivity index (χ2v) is 6.26. The number of rotatable bonds is 6. The van der Waals surface area contributed by atoms with Crippen LogP contribution in [0.2, 0.25) is 10.0 Å². The van der Waals surface area contributed by atoms with Gasteiger partial charge in [-0.25, -0.2) is 4.39 Å². The topological polar surface area (TPSA) is 18.5 Å². The monoisotopic (exact) mass is 394 g/mol. The van der Waals surface area contributed by atoms with E-state index < -0.39 is 0 Å². The van der Waals surface area contributed by atoms with E-state index in [0.717, 1.165) is 0 Å². The van der Waals surface area contributed by atoms with Crippen molar-refractivity contribution in [2.24, 2.45) is 0 Å². The van der Waals surface area contributed by atoms with Gasteiger partial charge in [0.1, 0.15) is 29.3 Å². The van der Waals surface area contributed by atoms with Crippen LogP contribution < -0.4 is 9.47 Å². The van der Waals surface area contributed by atoms with Gasteiger partial charge in [0.05, 0.1) is 10.0 Å². The third-order valence-electron chi connectivity index (χ3n) is 2.73. The predicted octanol–water partition coefficient (Wildman–Crippen LogP) is 6.41. The van der Waals surface area contributed by atoms with E-state index in [2.05, 4.69) is 0 Å². The molecule has 0 aliphatic heterocycles. The zero-order valence-electron chi connectivity index (χ0n) is 11.7. The molecule has 0 spiro atoms. The summed E-state index contributed by atoms with van der Waals surface area (Å²) in [4.78, 5) is 0. The molecule has 2 rings (SSSR count). The van der Waals surface area contributed by atoms with Gasteiger partial charge in [-0.1, -0.05) is 58.5 Å². The minimum atomic E-state index is -0.335. The fraction of sp³-hybridized carbons (Fsp3) is 0.125. The second kappa shape index (κ2) is 8.65. The summed E-state index contributed by atoms with van der Waals surface area (Å²) in [6.07, 6.45) is 1.49. The van der Waals surface area contributed by atoms with Gasteiger partial charge >= 0.3 is 0 Å². The lowest BCUT2D eigenvalue weighted by molar-refractivity contribution is 0.304. The Morgan fingerprint density at radius 2 is 1.74 bits per heavy atom. The van der Waals surface area contributed by atoms with Crippen molar-refractivity contribution in [1.82, 2.24) is 0 Å². The van der Waals surface area contributed by atoms with E-state index >= 15 is 0 Å². The van der Waals surface area contributed by atoms with Crippen LogP contribution in [-0.2, 0) is 6.61 Å². The van der Waals surface area contributed by atoms with Crippen LogP contribution in [0.25, 0.3) is 0 Å². The van der Waals surface area contributed by atoms with Crippen molar-refractivity contribution in [2.45, 2.75) is 6.61 Å². The third kappa shape index (κ3) is 5.78. The molecular formula is C16H11Cl4FO2. The molecule has 0 saturated heterocycles. The van der Waals surface area contributed by atoms with Crippen LogP contribution in [0.15, 0.2) is 47.0 Å². The Balaban J connectivity index is 2.06. The highest BCUT2D eigenvalue weighted by Gasteiger charge is 2.11. The molecule has 2 nitrogen and oxygen atoms in total. The summed E-state index contributed by atoms with van der Waals surface area (Å²) >= 11 is 23.3. The average molecular weight is 396 g/mol. The first-order valence-corrected chi connectivity index (χ1v) is 7.97. The van der Waals surface area contributed by atoms with Gasteiger partial charge in [0.25, 0.3) is 0 Å². The molecule has 122 valence electrons. The maximum atomic E-state index is 13.1. The summed E-state index contributed by atoms with van der Waals surface area (Å²) < 4.78 is 24.2. The van der Waals surface area contributed by atoms with Gasteiger partial charge in [0.2, 0.25) is 0 Å². The third-order valence-corrected chi connectivity index (χ3v) is 3.60. The Labute approximate surface area is 153 Å². The van der Waals surface area contributed by atoms with Crippen LogP contribution in [0.5, 0.6) is 11.5 Å². The molecule has 0 aliphatic carbocycles. The molecule has 0 N–H and O–H groups in total. The summed E-state index contributed by atoms with van der Waals surface area (Å²) in [5.41, 5.74) is 0.666. The molecule has 0 amide bonds. The molecular weight excluding hydrogens is 385 g/mol. The van der Waals surface area contributed by atoms with Crippen molar-refractivity contribution in [3.8, 4) is 11.5 Å². The molecule has 0 bridgehead atoms. The van der Waals surface area contributed by atoms with Gasteiger partial charge in [0, 0.05) is 12.1 Å². The molecule has 2 aromatic carbocycles. The molecule has 0 fully saturated rings. The first-order valence-electron chi connectivity index (χ1n) is 6.46. The molecule has 7 heteroatoms. The number of halogens is 5. The van der Waals surface area contributed by atoms with E-state index in [9.17, 15) is 4.39 Å². The maximum absolute atomic E-state index is 13.1. The Morgan fingerprint density at radius 1 is 1.04 bits per heavy atom. The molecule has 0 aliphatic rings. The molecule has 0 atom stereocenters. The van der Waals surface area contributed by atoms with Crippen molar-refractivity contribution in [3.63, 3.8) is 0 Å². The molecule has 2 aromatic rings. The fourth-order valence-corrected chi connectivity index (χ4v) is 2.44.